The number of aromatic nitrogens is 3. The van der Waals surface area contributed by atoms with Gasteiger partial charge < -0.3 is 10.2 Å². The molecule has 0 aliphatic carbocycles. The monoisotopic (exact) mass is 349 g/mol. The van der Waals surface area contributed by atoms with Gasteiger partial charge in [-0.05, 0) is 42.5 Å². The molecule has 0 bridgehead atoms. The summed E-state index contributed by atoms with van der Waals surface area (Å²) in [4.78, 5) is 30.3. The molecule has 3 aromatic rings. The number of pyridine rings is 1. The number of nitrogens with zero attached hydrogens (tertiary/aromatic N) is 4. The van der Waals surface area contributed by atoms with Gasteiger partial charge in [0.25, 0.3) is 5.56 Å². The van der Waals surface area contributed by atoms with Crippen LogP contribution < -0.4 is 15.8 Å². The summed E-state index contributed by atoms with van der Waals surface area (Å²) in [6.07, 6.45) is 3.32. The SMILES string of the molecule is CN(C)c1ccc(NC(=O)Cn2nc(-c3cccnc3)ccc2=O)cc1. The molecule has 1 aromatic carbocycles. The summed E-state index contributed by atoms with van der Waals surface area (Å²) in [7, 11) is 3.89. The van der Waals surface area contributed by atoms with Crippen LogP contribution in [0, 0.1) is 0 Å². The number of anilines is 2. The van der Waals surface area contributed by atoms with Crippen LogP contribution in [0.3, 0.4) is 0 Å². The van der Waals surface area contributed by atoms with Gasteiger partial charge in [0.05, 0.1) is 5.69 Å². The maximum Gasteiger partial charge on any atom is 0.267 e. The molecule has 0 spiro atoms. The molecule has 2 aromatic heterocycles. The second-order valence-corrected chi connectivity index (χ2v) is 5.95. The van der Waals surface area contributed by atoms with Crippen LogP contribution in [0.4, 0.5) is 11.4 Å². The Kier molecular flexibility index (Phi) is 5.07. The largest absolute Gasteiger partial charge is 0.378 e. The van der Waals surface area contributed by atoms with Crippen molar-refractivity contribution < 1.29 is 4.79 Å². The van der Waals surface area contributed by atoms with E-state index in [1.807, 2.05) is 49.3 Å². The maximum absolute atomic E-state index is 12.3. The zero-order chi connectivity index (χ0) is 18.5. The predicted molar refractivity (Wildman–Crippen MR) is 101 cm³/mol. The molecule has 0 atom stereocenters. The molecule has 2 heterocycles. The molecule has 0 aliphatic rings. The molecule has 0 radical (unpaired) electrons. The normalized spacial score (nSPS) is 10.4. The van der Waals surface area contributed by atoms with Gasteiger partial charge in [0.15, 0.2) is 0 Å². The van der Waals surface area contributed by atoms with Crippen LogP contribution in [-0.2, 0) is 11.3 Å². The molecule has 0 saturated carbocycles. The average Bonchev–Trinajstić information content (AvgIpc) is 2.64. The molecule has 1 amide bonds. The van der Waals surface area contributed by atoms with Gasteiger partial charge in [0, 0.05) is 49.5 Å². The van der Waals surface area contributed by atoms with E-state index < -0.39 is 0 Å². The van der Waals surface area contributed by atoms with E-state index in [-0.39, 0.29) is 18.0 Å². The van der Waals surface area contributed by atoms with Crippen molar-refractivity contribution >= 4 is 17.3 Å². The number of nitrogens with one attached hydrogen (secondary N) is 1. The summed E-state index contributed by atoms with van der Waals surface area (Å²) in [5.74, 6) is -0.319. The van der Waals surface area contributed by atoms with Crippen LogP contribution >= 0.6 is 0 Å². The second-order valence-electron chi connectivity index (χ2n) is 5.95. The van der Waals surface area contributed by atoms with E-state index in [1.54, 1.807) is 24.5 Å². The average molecular weight is 349 g/mol. The number of hydrogen-bond donors (Lipinski definition) is 1. The molecule has 0 saturated heterocycles. The van der Waals surface area contributed by atoms with Crippen molar-refractivity contribution in [3.63, 3.8) is 0 Å². The van der Waals surface area contributed by atoms with Gasteiger partial charge in [-0.15, -0.1) is 0 Å². The first-order valence-corrected chi connectivity index (χ1v) is 8.09. The predicted octanol–water partition coefficient (Wildman–Crippen LogP) is 2.01. The summed E-state index contributed by atoms with van der Waals surface area (Å²) in [5.41, 5.74) is 2.72. The zero-order valence-electron chi connectivity index (χ0n) is 14.6. The fourth-order valence-corrected chi connectivity index (χ4v) is 2.41. The molecule has 3 rings (SSSR count). The minimum Gasteiger partial charge on any atom is -0.378 e. The fraction of sp³-hybridized carbons (Fsp3) is 0.158. The summed E-state index contributed by atoms with van der Waals surface area (Å²) in [5, 5.41) is 7.03. The number of rotatable bonds is 5. The Bertz CT molecular complexity index is 950. The van der Waals surface area contributed by atoms with Crippen molar-refractivity contribution in [1.82, 2.24) is 14.8 Å². The van der Waals surface area contributed by atoms with Crippen LogP contribution in [0.25, 0.3) is 11.3 Å². The summed E-state index contributed by atoms with van der Waals surface area (Å²) < 4.78 is 1.14. The fourth-order valence-electron chi connectivity index (χ4n) is 2.41. The van der Waals surface area contributed by atoms with Crippen molar-refractivity contribution in [1.29, 1.82) is 0 Å². The first-order chi connectivity index (χ1) is 12.5. The van der Waals surface area contributed by atoms with Gasteiger partial charge in [0.1, 0.15) is 6.54 Å². The molecule has 0 fully saturated rings. The molecular formula is C19H19N5O2. The second kappa shape index (κ2) is 7.60. The molecule has 7 heteroatoms. The first-order valence-electron chi connectivity index (χ1n) is 8.09. The lowest BCUT2D eigenvalue weighted by Crippen LogP contribution is -2.29. The van der Waals surface area contributed by atoms with E-state index >= 15 is 0 Å². The van der Waals surface area contributed by atoms with E-state index in [4.69, 9.17) is 0 Å². The minimum absolute atomic E-state index is 0.164. The molecule has 7 nitrogen and oxygen atoms in total. The Morgan fingerprint density at radius 1 is 1.12 bits per heavy atom. The van der Waals surface area contributed by atoms with Crippen LogP contribution in [-0.4, -0.2) is 34.8 Å². The van der Waals surface area contributed by atoms with Gasteiger partial charge in [-0.25, -0.2) is 4.68 Å². The lowest BCUT2D eigenvalue weighted by molar-refractivity contribution is -0.117. The number of carbonyl (C=O) groups excluding carboxylic acids is 1. The Labute approximate surface area is 150 Å². The molecule has 0 unspecified atom stereocenters. The summed E-state index contributed by atoms with van der Waals surface area (Å²) in [6, 6.07) is 14.1. The van der Waals surface area contributed by atoms with Crippen molar-refractivity contribution in [2.75, 3.05) is 24.3 Å². The van der Waals surface area contributed by atoms with Crippen molar-refractivity contribution in [2.24, 2.45) is 0 Å². The number of hydrogen-bond acceptors (Lipinski definition) is 5. The van der Waals surface area contributed by atoms with Gasteiger partial charge >= 0.3 is 0 Å². The highest BCUT2D eigenvalue weighted by molar-refractivity contribution is 5.90. The highest BCUT2D eigenvalue weighted by Crippen LogP contribution is 2.16. The highest BCUT2D eigenvalue weighted by Gasteiger charge is 2.09. The van der Waals surface area contributed by atoms with Gasteiger partial charge in [-0.1, -0.05) is 0 Å². The van der Waals surface area contributed by atoms with Gasteiger partial charge in [-0.3, -0.25) is 14.6 Å². The molecule has 1 N–H and O–H groups in total. The van der Waals surface area contributed by atoms with E-state index in [0.29, 0.717) is 11.4 Å². The lowest BCUT2D eigenvalue weighted by Gasteiger charge is -2.13. The van der Waals surface area contributed by atoms with Crippen molar-refractivity contribution in [2.45, 2.75) is 6.54 Å². The van der Waals surface area contributed by atoms with Crippen molar-refractivity contribution in [3.8, 4) is 11.3 Å². The van der Waals surface area contributed by atoms with Crippen LogP contribution in [0.5, 0.6) is 0 Å². The Morgan fingerprint density at radius 2 is 1.88 bits per heavy atom. The standard InChI is InChI=1S/C19H19N5O2/c1-23(2)16-7-5-15(6-8-16)21-18(25)13-24-19(26)10-9-17(22-24)14-4-3-11-20-12-14/h3-12H,13H2,1-2H3,(H,21,25). The summed E-state index contributed by atoms with van der Waals surface area (Å²) >= 11 is 0. The third kappa shape index (κ3) is 4.13. The van der Waals surface area contributed by atoms with Crippen LogP contribution in [0.15, 0.2) is 65.7 Å². The van der Waals surface area contributed by atoms with Gasteiger partial charge in [-0.2, -0.15) is 5.10 Å². The zero-order valence-corrected chi connectivity index (χ0v) is 14.6. The molecule has 0 aliphatic heterocycles. The maximum atomic E-state index is 12.3. The van der Waals surface area contributed by atoms with Gasteiger partial charge in [0.2, 0.25) is 5.91 Å². The highest BCUT2D eigenvalue weighted by atomic mass is 16.2. The quantitative estimate of drug-likeness (QED) is 0.762. The Balaban J connectivity index is 1.74. The van der Waals surface area contributed by atoms with E-state index in [9.17, 15) is 9.59 Å². The van der Waals surface area contributed by atoms with E-state index in [2.05, 4.69) is 15.4 Å². The number of benzene rings is 1. The lowest BCUT2D eigenvalue weighted by atomic mass is 10.2. The van der Waals surface area contributed by atoms with Crippen LogP contribution in [0.1, 0.15) is 0 Å². The molecular weight excluding hydrogens is 330 g/mol. The Morgan fingerprint density at radius 3 is 2.54 bits per heavy atom. The van der Waals surface area contributed by atoms with E-state index in [1.165, 1.54) is 6.07 Å². The first kappa shape index (κ1) is 17.3. The van der Waals surface area contributed by atoms with E-state index in [0.717, 1.165) is 15.9 Å². The van der Waals surface area contributed by atoms with Crippen molar-refractivity contribution in [3.05, 3.63) is 71.3 Å². The number of carbonyl (C=O) groups is 1. The molecule has 26 heavy (non-hydrogen) atoms. The number of amides is 1. The smallest absolute Gasteiger partial charge is 0.267 e. The topological polar surface area (TPSA) is 80.1 Å². The molecule has 132 valence electrons. The third-order valence-electron chi connectivity index (χ3n) is 3.78. The minimum atomic E-state index is -0.337. The Hall–Kier alpha value is -3.48. The van der Waals surface area contributed by atoms with Crippen LogP contribution in [0.2, 0.25) is 0 Å². The third-order valence-corrected chi connectivity index (χ3v) is 3.78. The summed E-state index contributed by atoms with van der Waals surface area (Å²) in [6.45, 7) is -0.164.